The second-order valence-corrected chi connectivity index (χ2v) is 7.03. The molecule has 1 amide bonds. The van der Waals surface area contributed by atoms with Gasteiger partial charge in [0.15, 0.2) is 0 Å². The molecule has 1 saturated heterocycles. The summed E-state index contributed by atoms with van der Waals surface area (Å²) in [4.78, 5) is 19.3. The summed E-state index contributed by atoms with van der Waals surface area (Å²) >= 11 is 0. The van der Waals surface area contributed by atoms with Crippen molar-refractivity contribution in [2.45, 2.75) is 45.8 Å². The van der Waals surface area contributed by atoms with E-state index in [1.807, 2.05) is 51.1 Å². The second-order valence-electron chi connectivity index (χ2n) is 7.03. The maximum Gasteiger partial charge on any atom is 0.410 e. The first-order valence-corrected chi connectivity index (χ1v) is 8.30. The van der Waals surface area contributed by atoms with Gasteiger partial charge in [-0.2, -0.15) is 0 Å². The zero-order valence-corrected chi connectivity index (χ0v) is 14.4. The zero-order valence-electron chi connectivity index (χ0n) is 14.4. The Labute approximate surface area is 138 Å². The van der Waals surface area contributed by atoms with Gasteiger partial charge in [0.05, 0.1) is 6.61 Å². The van der Waals surface area contributed by atoms with Crippen LogP contribution < -0.4 is 5.48 Å². The molecular weight excluding hydrogens is 292 g/mol. The Hall–Kier alpha value is -1.59. The van der Waals surface area contributed by atoms with Crippen LogP contribution in [0.25, 0.3) is 0 Å². The molecule has 0 spiro atoms. The Morgan fingerprint density at radius 1 is 1.22 bits per heavy atom. The Morgan fingerprint density at radius 2 is 1.87 bits per heavy atom. The molecule has 0 radical (unpaired) electrons. The van der Waals surface area contributed by atoms with Crippen LogP contribution >= 0.6 is 0 Å². The number of carbonyl (C=O) groups is 1. The Morgan fingerprint density at radius 3 is 2.48 bits per heavy atom. The van der Waals surface area contributed by atoms with E-state index >= 15 is 0 Å². The van der Waals surface area contributed by atoms with Gasteiger partial charge in [-0.1, -0.05) is 30.3 Å². The third-order valence-corrected chi connectivity index (χ3v) is 3.82. The number of carbonyl (C=O) groups excluding carboxylic acids is 1. The summed E-state index contributed by atoms with van der Waals surface area (Å²) < 4.78 is 5.41. The highest BCUT2D eigenvalue weighted by atomic mass is 16.6. The summed E-state index contributed by atoms with van der Waals surface area (Å²) in [6, 6.07) is 10.1. The Kier molecular flexibility index (Phi) is 6.42. The lowest BCUT2D eigenvalue weighted by molar-refractivity contribution is 0.00390. The fraction of sp³-hybridized carbons (Fsp3) is 0.611. The lowest BCUT2D eigenvalue weighted by Crippen LogP contribution is -2.43. The normalized spacial score (nSPS) is 16.4. The van der Waals surface area contributed by atoms with Crippen LogP contribution in [-0.2, 0) is 16.2 Å². The summed E-state index contributed by atoms with van der Waals surface area (Å²) in [5, 5.41) is 0. The average molecular weight is 320 g/mol. The molecule has 5 heteroatoms. The van der Waals surface area contributed by atoms with Crippen molar-refractivity contribution in [3.63, 3.8) is 0 Å². The molecule has 1 heterocycles. The molecule has 0 unspecified atom stereocenters. The Bertz CT molecular complexity index is 477. The van der Waals surface area contributed by atoms with Gasteiger partial charge in [-0.25, -0.2) is 10.3 Å². The Balaban J connectivity index is 1.60. The summed E-state index contributed by atoms with van der Waals surface area (Å²) in [6.45, 7) is 8.56. The number of hydrogen-bond acceptors (Lipinski definition) is 4. The maximum absolute atomic E-state index is 12.0. The number of ether oxygens (including phenoxy) is 1. The van der Waals surface area contributed by atoms with Gasteiger partial charge >= 0.3 is 6.09 Å². The topological polar surface area (TPSA) is 50.8 Å². The SMILES string of the molecule is CC(C)(C)OC(=O)N1CCC(CNOCc2ccccc2)CC1. The quantitative estimate of drug-likeness (QED) is 0.668. The molecule has 0 saturated carbocycles. The maximum atomic E-state index is 12.0. The number of nitrogens with zero attached hydrogens (tertiary/aromatic N) is 1. The summed E-state index contributed by atoms with van der Waals surface area (Å²) in [6.07, 6.45) is 1.74. The minimum atomic E-state index is -0.430. The van der Waals surface area contributed by atoms with Gasteiger partial charge in [0.25, 0.3) is 0 Å². The molecule has 23 heavy (non-hydrogen) atoms. The second kappa shape index (κ2) is 8.31. The minimum Gasteiger partial charge on any atom is -0.444 e. The van der Waals surface area contributed by atoms with E-state index in [0.717, 1.165) is 38.0 Å². The van der Waals surface area contributed by atoms with E-state index in [4.69, 9.17) is 9.57 Å². The first-order chi connectivity index (χ1) is 10.9. The van der Waals surface area contributed by atoms with Crippen molar-refractivity contribution < 1.29 is 14.4 Å². The molecule has 0 bridgehead atoms. The highest BCUT2D eigenvalue weighted by molar-refractivity contribution is 5.68. The first-order valence-electron chi connectivity index (χ1n) is 8.30. The third-order valence-electron chi connectivity index (χ3n) is 3.82. The van der Waals surface area contributed by atoms with Crippen LogP contribution in [0.15, 0.2) is 30.3 Å². The van der Waals surface area contributed by atoms with Crippen molar-refractivity contribution in [3.05, 3.63) is 35.9 Å². The van der Waals surface area contributed by atoms with Crippen molar-refractivity contribution in [3.8, 4) is 0 Å². The zero-order chi connectivity index (χ0) is 16.7. The fourth-order valence-electron chi connectivity index (χ4n) is 2.53. The van der Waals surface area contributed by atoms with Crippen LogP contribution in [0.2, 0.25) is 0 Å². The van der Waals surface area contributed by atoms with Crippen LogP contribution in [0.5, 0.6) is 0 Å². The van der Waals surface area contributed by atoms with Crippen molar-refractivity contribution >= 4 is 6.09 Å². The lowest BCUT2D eigenvalue weighted by Gasteiger charge is -2.33. The molecule has 1 N–H and O–H groups in total. The number of rotatable bonds is 5. The molecule has 1 aromatic carbocycles. The molecule has 128 valence electrons. The molecule has 1 aliphatic heterocycles. The summed E-state index contributed by atoms with van der Waals surface area (Å²) in [5.41, 5.74) is 3.77. The van der Waals surface area contributed by atoms with Gasteiger partial charge < -0.3 is 9.64 Å². The predicted octanol–water partition coefficient (Wildman–Crippen LogP) is 3.35. The van der Waals surface area contributed by atoms with E-state index in [-0.39, 0.29) is 6.09 Å². The van der Waals surface area contributed by atoms with Crippen molar-refractivity contribution in [1.29, 1.82) is 0 Å². The number of amides is 1. The van der Waals surface area contributed by atoms with Gasteiger partial charge in [0.1, 0.15) is 5.60 Å². The molecular formula is C18H28N2O3. The molecule has 0 aliphatic carbocycles. The first kappa shape index (κ1) is 17.8. The summed E-state index contributed by atoms with van der Waals surface area (Å²) in [7, 11) is 0. The number of nitrogens with one attached hydrogen (secondary N) is 1. The minimum absolute atomic E-state index is 0.204. The number of hydrogen-bond donors (Lipinski definition) is 1. The van der Waals surface area contributed by atoms with E-state index < -0.39 is 5.60 Å². The average Bonchev–Trinajstić information content (AvgIpc) is 2.51. The molecule has 5 nitrogen and oxygen atoms in total. The van der Waals surface area contributed by atoms with E-state index in [0.29, 0.717) is 12.5 Å². The molecule has 1 aliphatic rings. The van der Waals surface area contributed by atoms with Gasteiger partial charge in [0, 0.05) is 19.6 Å². The largest absolute Gasteiger partial charge is 0.444 e. The fourth-order valence-corrected chi connectivity index (χ4v) is 2.53. The molecule has 0 atom stereocenters. The third kappa shape index (κ3) is 6.59. The van der Waals surface area contributed by atoms with Crippen LogP contribution in [0.3, 0.4) is 0 Å². The molecule has 2 rings (SSSR count). The number of piperidine rings is 1. The van der Waals surface area contributed by atoms with Crippen molar-refractivity contribution in [2.24, 2.45) is 5.92 Å². The number of benzene rings is 1. The van der Waals surface area contributed by atoms with Crippen molar-refractivity contribution in [2.75, 3.05) is 19.6 Å². The smallest absolute Gasteiger partial charge is 0.410 e. The van der Waals surface area contributed by atoms with E-state index in [9.17, 15) is 4.79 Å². The van der Waals surface area contributed by atoms with Gasteiger partial charge in [-0.3, -0.25) is 4.84 Å². The summed E-state index contributed by atoms with van der Waals surface area (Å²) in [5.74, 6) is 0.532. The lowest BCUT2D eigenvalue weighted by atomic mass is 9.97. The van der Waals surface area contributed by atoms with Gasteiger partial charge in [-0.15, -0.1) is 0 Å². The predicted molar refractivity (Wildman–Crippen MR) is 89.8 cm³/mol. The van der Waals surface area contributed by atoms with Crippen LogP contribution in [0.1, 0.15) is 39.2 Å². The van der Waals surface area contributed by atoms with Crippen molar-refractivity contribution in [1.82, 2.24) is 10.4 Å². The number of likely N-dealkylation sites (tertiary alicyclic amines) is 1. The standard InChI is InChI=1S/C18H28N2O3/c1-18(2,3)23-17(21)20-11-9-15(10-12-20)13-19-22-14-16-7-5-4-6-8-16/h4-8,15,19H,9-14H2,1-3H3. The highest BCUT2D eigenvalue weighted by Gasteiger charge is 2.26. The molecule has 1 aromatic rings. The highest BCUT2D eigenvalue weighted by Crippen LogP contribution is 2.19. The van der Waals surface area contributed by atoms with E-state index in [1.165, 1.54) is 0 Å². The number of hydroxylamine groups is 1. The van der Waals surface area contributed by atoms with E-state index in [1.54, 1.807) is 4.90 Å². The van der Waals surface area contributed by atoms with Crippen LogP contribution in [0, 0.1) is 5.92 Å². The van der Waals surface area contributed by atoms with Gasteiger partial charge in [0.2, 0.25) is 0 Å². The van der Waals surface area contributed by atoms with Crippen LogP contribution in [-0.4, -0.2) is 36.2 Å². The monoisotopic (exact) mass is 320 g/mol. The van der Waals surface area contributed by atoms with E-state index in [2.05, 4.69) is 5.48 Å². The molecule has 1 fully saturated rings. The van der Waals surface area contributed by atoms with Crippen LogP contribution in [0.4, 0.5) is 4.79 Å². The van der Waals surface area contributed by atoms with Gasteiger partial charge in [-0.05, 0) is 45.1 Å². The molecule has 0 aromatic heterocycles.